The second-order valence-corrected chi connectivity index (χ2v) is 6.58. The Morgan fingerprint density at radius 1 is 1.15 bits per heavy atom. The number of piperidine rings is 1. The number of nitrogens with one attached hydrogen (secondary N) is 2. The van der Waals surface area contributed by atoms with Gasteiger partial charge in [-0.25, -0.2) is 4.79 Å². The summed E-state index contributed by atoms with van der Waals surface area (Å²) in [5.74, 6) is 0.349. The maximum Gasteiger partial charge on any atom is 0.303 e. The molecule has 0 spiro atoms. The highest BCUT2D eigenvalue weighted by molar-refractivity contribution is 5.88. The Labute approximate surface area is 155 Å². The molecule has 0 bridgehead atoms. The summed E-state index contributed by atoms with van der Waals surface area (Å²) >= 11 is 0. The van der Waals surface area contributed by atoms with Gasteiger partial charge in [-0.2, -0.15) is 0 Å². The third-order valence-electron chi connectivity index (χ3n) is 4.89. The van der Waals surface area contributed by atoms with E-state index in [0.717, 1.165) is 18.4 Å². The van der Waals surface area contributed by atoms with E-state index in [1.165, 1.54) is 22.0 Å². The summed E-state index contributed by atoms with van der Waals surface area (Å²) in [4.78, 5) is 33.5. The van der Waals surface area contributed by atoms with Crippen LogP contribution in [0.3, 0.4) is 0 Å². The SMILES string of the molecule is O.O=C(O)CCC(=O)O.O=C=C1CN[C@@H]2Cc3c[nH]c4cccc(c34)[C@H]2C1. The van der Waals surface area contributed by atoms with Crippen molar-refractivity contribution in [3.05, 3.63) is 41.1 Å². The highest BCUT2D eigenvalue weighted by atomic mass is 16.4. The van der Waals surface area contributed by atoms with Gasteiger partial charge in [-0.1, -0.05) is 12.1 Å². The van der Waals surface area contributed by atoms with Gasteiger partial charge >= 0.3 is 11.9 Å². The molecule has 0 saturated carbocycles. The first-order chi connectivity index (χ1) is 12.5. The van der Waals surface area contributed by atoms with Gasteiger partial charge in [0, 0.05) is 41.2 Å². The molecule has 6 N–H and O–H groups in total. The van der Waals surface area contributed by atoms with Gasteiger partial charge in [0.2, 0.25) is 0 Å². The van der Waals surface area contributed by atoms with Crippen LogP contribution < -0.4 is 5.32 Å². The molecule has 1 aliphatic heterocycles. The minimum absolute atomic E-state index is 0. The molecular weight excluding hydrogens is 352 g/mol. The number of benzene rings is 1. The third-order valence-corrected chi connectivity index (χ3v) is 4.89. The monoisotopic (exact) mass is 374 g/mol. The van der Waals surface area contributed by atoms with Crippen LogP contribution >= 0.6 is 0 Å². The van der Waals surface area contributed by atoms with Crippen molar-refractivity contribution in [3.63, 3.8) is 0 Å². The molecule has 2 aliphatic rings. The van der Waals surface area contributed by atoms with Crippen molar-refractivity contribution >= 4 is 28.8 Å². The number of hydrogen-bond donors (Lipinski definition) is 4. The molecule has 0 radical (unpaired) electrons. The predicted molar refractivity (Wildman–Crippen MR) is 98.5 cm³/mol. The Kier molecular flexibility index (Phi) is 6.52. The van der Waals surface area contributed by atoms with Crippen molar-refractivity contribution in [1.29, 1.82) is 0 Å². The molecule has 1 aromatic carbocycles. The van der Waals surface area contributed by atoms with Gasteiger partial charge in [0.1, 0.15) is 5.94 Å². The molecule has 1 saturated heterocycles. The number of aromatic amines is 1. The van der Waals surface area contributed by atoms with Gasteiger partial charge in [0.05, 0.1) is 12.8 Å². The molecule has 2 heterocycles. The van der Waals surface area contributed by atoms with Crippen LogP contribution in [0.1, 0.15) is 36.3 Å². The molecule has 0 unspecified atom stereocenters. The summed E-state index contributed by atoms with van der Waals surface area (Å²) < 4.78 is 0. The van der Waals surface area contributed by atoms with Crippen LogP contribution in [-0.2, 0) is 20.8 Å². The molecule has 1 aliphatic carbocycles. The number of fused-ring (bicyclic) bond motifs is 2. The lowest BCUT2D eigenvalue weighted by molar-refractivity contribution is -0.143. The zero-order chi connectivity index (χ0) is 18.7. The Morgan fingerprint density at radius 3 is 2.48 bits per heavy atom. The Morgan fingerprint density at radius 2 is 1.85 bits per heavy atom. The molecule has 2 atom stereocenters. The second-order valence-electron chi connectivity index (χ2n) is 6.58. The van der Waals surface area contributed by atoms with Crippen LogP contribution in [-0.4, -0.2) is 51.1 Å². The van der Waals surface area contributed by atoms with Crippen molar-refractivity contribution in [2.45, 2.75) is 37.6 Å². The Balaban J connectivity index is 0.000000252. The van der Waals surface area contributed by atoms with Gasteiger partial charge in [-0.05, 0) is 30.0 Å². The molecular formula is C19H22N2O6. The van der Waals surface area contributed by atoms with E-state index >= 15 is 0 Å². The molecule has 4 rings (SSSR count). The van der Waals surface area contributed by atoms with Crippen molar-refractivity contribution in [2.75, 3.05) is 6.54 Å². The van der Waals surface area contributed by atoms with Crippen molar-refractivity contribution in [3.8, 4) is 0 Å². The summed E-state index contributed by atoms with van der Waals surface area (Å²) in [5.41, 5.74) is 4.85. The summed E-state index contributed by atoms with van der Waals surface area (Å²) in [7, 11) is 0. The number of aliphatic carboxylic acids is 2. The van der Waals surface area contributed by atoms with Gasteiger partial charge in [0.25, 0.3) is 0 Å². The molecule has 2 aromatic rings. The Bertz CT molecular complexity index is 883. The molecule has 1 aromatic heterocycles. The molecule has 1 fully saturated rings. The van der Waals surface area contributed by atoms with E-state index in [1.54, 1.807) is 0 Å². The standard InChI is InChI=1S/C15H14N2O.C4H6O4.H2O/c18-8-9-4-12-11-2-1-3-13-15(11)10(7-17-13)5-14(12)16-6-9;5-3(6)1-2-4(7)8;/h1-3,7,12,14,16-17H,4-6H2;1-2H2,(H,5,6)(H,7,8);1H2/t12-,14-;;/m1../s1. The first-order valence-electron chi connectivity index (χ1n) is 8.48. The number of carbonyl (C=O) groups excluding carboxylic acids is 1. The highest BCUT2D eigenvalue weighted by Crippen LogP contribution is 2.41. The number of carboxylic acids is 2. The Hall–Kier alpha value is -2.93. The summed E-state index contributed by atoms with van der Waals surface area (Å²) in [6.07, 6.45) is 3.43. The second kappa shape index (κ2) is 8.64. The van der Waals surface area contributed by atoms with Crippen LogP contribution in [0, 0.1) is 0 Å². The smallest absolute Gasteiger partial charge is 0.303 e. The van der Waals surface area contributed by atoms with Gasteiger partial charge in [-0.3, -0.25) is 9.59 Å². The van der Waals surface area contributed by atoms with Gasteiger partial charge in [0.15, 0.2) is 0 Å². The molecule has 8 nitrogen and oxygen atoms in total. The molecule has 8 heteroatoms. The highest BCUT2D eigenvalue weighted by Gasteiger charge is 2.34. The van der Waals surface area contributed by atoms with E-state index < -0.39 is 11.9 Å². The number of aromatic nitrogens is 1. The fourth-order valence-electron chi connectivity index (χ4n) is 3.70. The van der Waals surface area contributed by atoms with Crippen molar-refractivity contribution in [1.82, 2.24) is 10.3 Å². The van der Waals surface area contributed by atoms with Crippen molar-refractivity contribution < 1.29 is 30.1 Å². The topological polar surface area (TPSA) is 151 Å². The van der Waals surface area contributed by atoms with Gasteiger partial charge in [-0.15, -0.1) is 0 Å². The number of rotatable bonds is 3. The first kappa shape index (κ1) is 20.4. The van der Waals surface area contributed by atoms with E-state index in [1.807, 2.05) is 0 Å². The largest absolute Gasteiger partial charge is 0.481 e. The number of H-pyrrole nitrogens is 1. The van der Waals surface area contributed by atoms with E-state index in [-0.39, 0.29) is 18.3 Å². The number of carbonyl (C=O) groups is 2. The van der Waals surface area contributed by atoms with Crippen LogP contribution in [0.4, 0.5) is 0 Å². The lowest BCUT2D eigenvalue weighted by Gasteiger charge is -2.36. The van der Waals surface area contributed by atoms with Crippen molar-refractivity contribution in [2.24, 2.45) is 0 Å². The fourth-order valence-corrected chi connectivity index (χ4v) is 3.70. The normalized spacial score (nSPS) is 19.8. The maximum absolute atomic E-state index is 10.9. The minimum Gasteiger partial charge on any atom is -0.481 e. The number of hydrogen-bond acceptors (Lipinski definition) is 4. The van der Waals surface area contributed by atoms with Crippen LogP contribution in [0.5, 0.6) is 0 Å². The average Bonchev–Trinajstić information content (AvgIpc) is 3.05. The van der Waals surface area contributed by atoms with E-state index in [0.29, 0.717) is 18.5 Å². The van der Waals surface area contributed by atoms with E-state index in [2.05, 4.69) is 40.6 Å². The lowest BCUT2D eigenvalue weighted by Crippen LogP contribution is -2.44. The fraction of sp³-hybridized carbons (Fsp3) is 0.368. The summed E-state index contributed by atoms with van der Waals surface area (Å²) in [6.45, 7) is 0.695. The molecule has 27 heavy (non-hydrogen) atoms. The predicted octanol–water partition coefficient (Wildman–Crippen LogP) is 1.04. The maximum atomic E-state index is 10.9. The number of carboxylic acid groups (broad SMARTS) is 2. The zero-order valence-corrected chi connectivity index (χ0v) is 14.6. The first-order valence-corrected chi connectivity index (χ1v) is 8.48. The minimum atomic E-state index is -1.08. The van der Waals surface area contributed by atoms with Gasteiger partial charge < -0.3 is 26.0 Å². The summed E-state index contributed by atoms with van der Waals surface area (Å²) in [5, 5.41) is 20.6. The molecule has 0 amide bonds. The third kappa shape index (κ3) is 4.43. The van der Waals surface area contributed by atoms with E-state index in [9.17, 15) is 14.4 Å². The molecule has 144 valence electrons. The van der Waals surface area contributed by atoms with Crippen LogP contribution in [0.25, 0.3) is 10.9 Å². The quantitative estimate of drug-likeness (QED) is 0.589. The summed E-state index contributed by atoms with van der Waals surface area (Å²) in [6, 6.07) is 6.87. The average molecular weight is 374 g/mol. The van der Waals surface area contributed by atoms with Crippen LogP contribution in [0.2, 0.25) is 0 Å². The lowest BCUT2D eigenvalue weighted by atomic mass is 9.75. The van der Waals surface area contributed by atoms with E-state index in [4.69, 9.17) is 10.2 Å². The van der Waals surface area contributed by atoms with Crippen LogP contribution in [0.15, 0.2) is 30.0 Å². The zero-order valence-electron chi connectivity index (χ0n) is 14.6.